The van der Waals surface area contributed by atoms with Gasteiger partial charge in [-0.2, -0.15) is 0 Å². The van der Waals surface area contributed by atoms with Gasteiger partial charge in [-0.05, 0) is 31.0 Å². The second-order valence-corrected chi connectivity index (χ2v) is 5.03. The predicted molar refractivity (Wildman–Crippen MR) is 74.3 cm³/mol. The lowest BCUT2D eigenvalue weighted by Crippen LogP contribution is -2.37. The molecule has 1 aromatic carbocycles. The number of hydrogen-bond acceptors (Lipinski definition) is 4. The van der Waals surface area contributed by atoms with Gasteiger partial charge in [0, 0.05) is 25.2 Å². The molecule has 20 heavy (non-hydrogen) atoms. The number of hydrogen-bond donors (Lipinski definition) is 1. The van der Waals surface area contributed by atoms with E-state index in [1.807, 2.05) is 0 Å². The van der Waals surface area contributed by atoms with E-state index in [1.54, 1.807) is 13.2 Å². The molecule has 1 saturated heterocycles. The third kappa shape index (κ3) is 4.16. The summed E-state index contributed by atoms with van der Waals surface area (Å²) in [6.45, 7) is 2.99. The zero-order valence-electron chi connectivity index (χ0n) is 11.8. The molecule has 0 radical (unpaired) electrons. The first kappa shape index (κ1) is 15.2. The van der Waals surface area contributed by atoms with Crippen molar-refractivity contribution in [3.05, 3.63) is 29.6 Å². The number of ether oxygens (including phenoxy) is 2. The molecule has 1 aliphatic rings. The summed E-state index contributed by atoms with van der Waals surface area (Å²) in [5.74, 6) is 0.493. The average Bonchev–Trinajstić information content (AvgIpc) is 2.47. The summed E-state index contributed by atoms with van der Waals surface area (Å²) in [5, 5.41) is 8.74. The molecule has 0 spiro atoms. The van der Waals surface area contributed by atoms with Crippen LogP contribution in [-0.4, -0.2) is 49.5 Å². The van der Waals surface area contributed by atoms with Crippen LogP contribution < -0.4 is 4.74 Å². The number of halogens is 1. The van der Waals surface area contributed by atoms with Crippen molar-refractivity contribution in [2.45, 2.75) is 25.5 Å². The van der Waals surface area contributed by atoms with Crippen LogP contribution in [0, 0.1) is 5.82 Å². The maximum absolute atomic E-state index is 13.3. The van der Waals surface area contributed by atoms with Crippen LogP contribution in [0.15, 0.2) is 18.2 Å². The fourth-order valence-corrected chi connectivity index (χ4v) is 2.57. The van der Waals surface area contributed by atoms with Crippen molar-refractivity contribution < 1.29 is 19.0 Å². The van der Waals surface area contributed by atoms with E-state index in [4.69, 9.17) is 14.6 Å². The highest BCUT2D eigenvalue weighted by molar-refractivity contribution is 5.33. The van der Waals surface area contributed by atoms with E-state index in [9.17, 15) is 4.39 Å². The minimum atomic E-state index is -0.234. The van der Waals surface area contributed by atoms with Crippen molar-refractivity contribution in [2.75, 3.05) is 33.4 Å². The number of likely N-dealkylation sites (tertiary alicyclic amines) is 1. The van der Waals surface area contributed by atoms with Crippen molar-refractivity contribution in [3.8, 4) is 5.75 Å². The van der Waals surface area contributed by atoms with Crippen LogP contribution in [0.2, 0.25) is 0 Å². The highest BCUT2D eigenvalue weighted by Crippen LogP contribution is 2.23. The monoisotopic (exact) mass is 283 g/mol. The lowest BCUT2D eigenvalue weighted by molar-refractivity contribution is -0.00910. The molecule has 0 bridgehead atoms. The Bertz CT molecular complexity index is 420. The molecule has 1 N–H and O–H groups in total. The molecule has 0 unspecified atom stereocenters. The molecule has 1 fully saturated rings. The summed E-state index contributed by atoms with van der Waals surface area (Å²) in [4.78, 5) is 2.27. The Kier molecular flexibility index (Phi) is 5.76. The molecule has 0 amide bonds. The Balaban J connectivity index is 1.87. The number of rotatable bonds is 6. The van der Waals surface area contributed by atoms with Gasteiger partial charge in [-0.3, -0.25) is 4.90 Å². The number of benzene rings is 1. The van der Waals surface area contributed by atoms with Gasteiger partial charge in [0.1, 0.15) is 11.6 Å². The highest BCUT2D eigenvalue weighted by atomic mass is 19.1. The van der Waals surface area contributed by atoms with E-state index in [-0.39, 0.29) is 18.5 Å². The predicted octanol–water partition coefficient (Wildman–Crippen LogP) is 1.81. The van der Waals surface area contributed by atoms with E-state index in [0.29, 0.717) is 13.2 Å². The van der Waals surface area contributed by atoms with Gasteiger partial charge < -0.3 is 14.6 Å². The summed E-state index contributed by atoms with van der Waals surface area (Å²) in [7, 11) is 1.60. The normalized spacial score (nSPS) is 17.4. The molecule has 1 aromatic rings. The summed E-state index contributed by atoms with van der Waals surface area (Å²) >= 11 is 0. The first-order chi connectivity index (χ1) is 9.72. The fourth-order valence-electron chi connectivity index (χ4n) is 2.57. The van der Waals surface area contributed by atoms with E-state index >= 15 is 0 Å². The first-order valence-corrected chi connectivity index (χ1v) is 7.00. The Hall–Kier alpha value is -1.17. The van der Waals surface area contributed by atoms with Crippen molar-refractivity contribution >= 4 is 0 Å². The molecule has 2 rings (SSSR count). The molecule has 5 heteroatoms. The van der Waals surface area contributed by atoms with Crippen LogP contribution in [0.3, 0.4) is 0 Å². The van der Waals surface area contributed by atoms with Gasteiger partial charge in [-0.1, -0.05) is 0 Å². The molecule has 1 aliphatic heterocycles. The van der Waals surface area contributed by atoms with E-state index in [0.717, 1.165) is 37.2 Å². The standard InChI is InChI=1S/C15H22FNO3/c1-19-15-3-2-13(16)10-12(15)11-17-6-4-14(5-7-17)20-9-8-18/h2-3,10,14,18H,4-9,11H2,1H3. The van der Waals surface area contributed by atoms with Crippen LogP contribution in [0.1, 0.15) is 18.4 Å². The lowest BCUT2D eigenvalue weighted by Gasteiger charge is -2.32. The van der Waals surface area contributed by atoms with Crippen molar-refractivity contribution in [1.29, 1.82) is 0 Å². The quantitative estimate of drug-likeness (QED) is 0.864. The molecule has 112 valence electrons. The molecule has 0 atom stereocenters. The van der Waals surface area contributed by atoms with Gasteiger partial charge in [0.25, 0.3) is 0 Å². The summed E-state index contributed by atoms with van der Waals surface area (Å²) < 4.78 is 24.1. The smallest absolute Gasteiger partial charge is 0.123 e. The summed E-state index contributed by atoms with van der Waals surface area (Å²) in [6.07, 6.45) is 2.11. The van der Waals surface area contributed by atoms with Crippen molar-refractivity contribution in [1.82, 2.24) is 4.90 Å². The van der Waals surface area contributed by atoms with Gasteiger partial charge in [-0.25, -0.2) is 4.39 Å². The number of aliphatic hydroxyl groups excluding tert-OH is 1. The minimum Gasteiger partial charge on any atom is -0.496 e. The molecule has 0 saturated carbocycles. The zero-order chi connectivity index (χ0) is 14.4. The molecular weight excluding hydrogens is 261 g/mol. The Labute approximate surface area is 119 Å². The van der Waals surface area contributed by atoms with Crippen LogP contribution in [0.4, 0.5) is 4.39 Å². The van der Waals surface area contributed by atoms with Crippen LogP contribution >= 0.6 is 0 Å². The molecular formula is C15H22FNO3. The van der Waals surface area contributed by atoms with Gasteiger partial charge in [0.2, 0.25) is 0 Å². The minimum absolute atomic E-state index is 0.0701. The number of methoxy groups -OCH3 is 1. The average molecular weight is 283 g/mol. The van der Waals surface area contributed by atoms with Crippen molar-refractivity contribution in [3.63, 3.8) is 0 Å². The summed E-state index contributed by atoms with van der Waals surface area (Å²) in [5.41, 5.74) is 0.877. The Morgan fingerprint density at radius 3 is 2.75 bits per heavy atom. The second kappa shape index (κ2) is 7.57. The maximum atomic E-state index is 13.3. The van der Waals surface area contributed by atoms with Crippen LogP contribution in [0.5, 0.6) is 5.75 Å². The number of nitrogens with zero attached hydrogens (tertiary/aromatic N) is 1. The topological polar surface area (TPSA) is 41.9 Å². The van der Waals surface area contributed by atoms with Gasteiger partial charge in [-0.15, -0.1) is 0 Å². The largest absolute Gasteiger partial charge is 0.496 e. The van der Waals surface area contributed by atoms with Crippen LogP contribution in [0.25, 0.3) is 0 Å². The van der Waals surface area contributed by atoms with E-state index < -0.39 is 0 Å². The maximum Gasteiger partial charge on any atom is 0.123 e. The van der Waals surface area contributed by atoms with Gasteiger partial charge in [0.15, 0.2) is 0 Å². The zero-order valence-corrected chi connectivity index (χ0v) is 11.8. The number of aliphatic hydroxyl groups is 1. The third-order valence-electron chi connectivity index (χ3n) is 3.62. The van der Waals surface area contributed by atoms with E-state index in [1.165, 1.54) is 12.1 Å². The lowest BCUT2D eigenvalue weighted by atomic mass is 10.1. The van der Waals surface area contributed by atoms with Crippen LogP contribution in [-0.2, 0) is 11.3 Å². The molecule has 0 aromatic heterocycles. The fraction of sp³-hybridized carbons (Fsp3) is 0.600. The third-order valence-corrected chi connectivity index (χ3v) is 3.62. The first-order valence-electron chi connectivity index (χ1n) is 7.00. The Morgan fingerprint density at radius 2 is 2.10 bits per heavy atom. The van der Waals surface area contributed by atoms with E-state index in [2.05, 4.69) is 4.90 Å². The van der Waals surface area contributed by atoms with Gasteiger partial charge >= 0.3 is 0 Å². The Morgan fingerprint density at radius 1 is 1.35 bits per heavy atom. The molecule has 4 nitrogen and oxygen atoms in total. The SMILES string of the molecule is COc1ccc(F)cc1CN1CCC(OCCO)CC1. The highest BCUT2D eigenvalue weighted by Gasteiger charge is 2.20. The number of piperidine rings is 1. The van der Waals surface area contributed by atoms with Crippen molar-refractivity contribution in [2.24, 2.45) is 0 Å². The molecule has 0 aliphatic carbocycles. The second-order valence-electron chi connectivity index (χ2n) is 5.03. The summed E-state index contributed by atoms with van der Waals surface area (Å²) in [6, 6.07) is 4.62. The van der Waals surface area contributed by atoms with Gasteiger partial charge in [0.05, 0.1) is 26.4 Å². The molecule has 1 heterocycles.